The van der Waals surface area contributed by atoms with E-state index in [1.165, 1.54) is 6.92 Å². The molecule has 0 bridgehead atoms. The van der Waals surface area contributed by atoms with E-state index in [9.17, 15) is 13.2 Å². The van der Waals surface area contributed by atoms with Crippen molar-refractivity contribution in [3.63, 3.8) is 0 Å². The number of nitrogen functional groups attached to an aromatic ring is 1. The lowest BCUT2D eigenvalue weighted by Crippen LogP contribution is -2.46. The minimum absolute atomic E-state index is 0.109. The van der Waals surface area contributed by atoms with Crippen LogP contribution in [0.1, 0.15) is 17.7 Å². The number of alkyl halides is 3. The summed E-state index contributed by atoms with van der Waals surface area (Å²) >= 11 is 0. The minimum Gasteiger partial charge on any atom is -0.394 e. The van der Waals surface area contributed by atoms with Gasteiger partial charge in [0.1, 0.15) is 18.0 Å². The molecule has 1 fully saturated rings. The molecule has 2 rings (SSSR count). The number of hydrogen-bond acceptors (Lipinski definition) is 6. The van der Waals surface area contributed by atoms with Crippen LogP contribution >= 0.6 is 0 Å². The number of pyridine rings is 1. The molecule has 22 heavy (non-hydrogen) atoms. The Balaban J connectivity index is 0.000000224. The van der Waals surface area contributed by atoms with Gasteiger partial charge in [-0.15, -0.1) is 0 Å². The van der Waals surface area contributed by atoms with Crippen LogP contribution < -0.4 is 5.73 Å². The van der Waals surface area contributed by atoms with Gasteiger partial charge in [0.05, 0.1) is 18.3 Å². The number of nitrogens with two attached hydrogens (primary N) is 1. The molecule has 0 saturated carbocycles. The lowest BCUT2D eigenvalue weighted by molar-refractivity contribution is -0.147. The van der Waals surface area contributed by atoms with Gasteiger partial charge < -0.3 is 25.8 Å². The average Bonchev–Trinajstić information content (AvgIpc) is 2.40. The molecule has 2 heterocycles. The Bertz CT molecular complexity index is 465. The molecule has 1 aromatic rings. The molecular formula is C13H19F3N2O4. The van der Waals surface area contributed by atoms with Gasteiger partial charge in [-0.25, -0.2) is 4.98 Å². The molecule has 9 heteroatoms. The first-order chi connectivity index (χ1) is 10.1. The van der Waals surface area contributed by atoms with Gasteiger partial charge in [-0.05, 0) is 25.5 Å². The summed E-state index contributed by atoms with van der Waals surface area (Å²) in [5, 5.41) is 26.7. The second-order valence-electron chi connectivity index (χ2n) is 4.86. The van der Waals surface area contributed by atoms with Crippen molar-refractivity contribution in [3.05, 3.63) is 23.4 Å². The third-order valence-electron chi connectivity index (χ3n) is 3.00. The monoisotopic (exact) mass is 324 g/mol. The van der Waals surface area contributed by atoms with Crippen LogP contribution in [0, 0.1) is 6.92 Å². The van der Waals surface area contributed by atoms with E-state index in [2.05, 4.69) is 4.98 Å². The highest BCUT2D eigenvalue weighted by Crippen LogP contribution is 2.30. The number of aryl methyl sites for hydroxylation is 1. The van der Waals surface area contributed by atoms with E-state index in [4.69, 9.17) is 25.8 Å². The molecule has 1 aromatic heterocycles. The predicted molar refractivity (Wildman–Crippen MR) is 71.8 cm³/mol. The Morgan fingerprint density at radius 1 is 1.36 bits per heavy atom. The Morgan fingerprint density at radius 2 is 2.00 bits per heavy atom. The topological polar surface area (TPSA) is 109 Å². The second kappa shape index (κ2) is 7.73. The summed E-state index contributed by atoms with van der Waals surface area (Å²) in [6, 6.07) is 1.77. The van der Waals surface area contributed by atoms with Crippen LogP contribution in [-0.4, -0.2) is 51.8 Å². The van der Waals surface area contributed by atoms with Crippen molar-refractivity contribution < 1.29 is 33.2 Å². The molecular weight excluding hydrogens is 305 g/mol. The fraction of sp³-hybridized carbons (Fsp3) is 0.615. The highest BCUT2D eigenvalue weighted by atomic mass is 19.4. The molecule has 3 atom stereocenters. The van der Waals surface area contributed by atoms with Crippen molar-refractivity contribution in [1.29, 1.82) is 0 Å². The zero-order valence-electron chi connectivity index (χ0n) is 11.9. The summed E-state index contributed by atoms with van der Waals surface area (Å²) in [7, 11) is 0. The SMILES string of the molecule is Cc1cc(C(F)(F)F)cc(N)n1.OCC1OCCC(O)C1O. The molecule has 1 saturated heterocycles. The van der Waals surface area contributed by atoms with Gasteiger partial charge in [0, 0.05) is 12.3 Å². The summed E-state index contributed by atoms with van der Waals surface area (Å²) < 4.78 is 41.1. The van der Waals surface area contributed by atoms with Crippen LogP contribution in [0.25, 0.3) is 0 Å². The lowest BCUT2D eigenvalue weighted by atomic mass is 10.0. The first-order valence-electron chi connectivity index (χ1n) is 6.55. The maximum absolute atomic E-state index is 12.1. The standard InChI is InChI=1S/C7H7F3N2.C6H12O4/c1-4-2-5(7(8,9)10)3-6(11)12-4;7-3-5-6(9)4(8)1-2-10-5/h2-3H,1H3,(H2,11,12);4-9H,1-3H2. The largest absolute Gasteiger partial charge is 0.416 e. The Morgan fingerprint density at radius 3 is 2.45 bits per heavy atom. The average molecular weight is 324 g/mol. The highest BCUT2D eigenvalue weighted by Gasteiger charge is 2.31. The molecule has 0 spiro atoms. The molecule has 0 aromatic carbocycles. The first kappa shape index (κ1) is 18.6. The molecule has 3 unspecified atom stereocenters. The Hall–Kier alpha value is -1.42. The molecule has 5 N–H and O–H groups in total. The first-order valence-corrected chi connectivity index (χ1v) is 6.55. The van der Waals surface area contributed by atoms with E-state index in [-0.39, 0.29) is 18.1 Å². The van der Waals surface area contributed by atoms with Crippen LogP contribution in [0.15, 0.2) is 12.1 Å². The molecule has 0 radical (unpaired) electrons. The maximum Gasteiger partial charge on any atom is 0.416 e. The maximum atomic E-state index is 12.1. The van der Waals surface area contributed by atoms with Gasteiger partial charge in [0.25, 0.3) is 0 Å². The number of ether oxygens (including phenoxy) is 1. The van der Waals surface area contributed by atoms with Crippen LogP contribution in [0.3, 0.4) is 0 Å². The van der Waals surface area contributed by atoms with E-state index >= 15 is 0 Å². The van der Waals surface area contributed by atoms with Gasteiger partial charge in [-0.3, -0.25) is 0 Å². The van der Waals surface area contributed by atoms with Crippen molar-refractivity contribution >= 4 is 5.82 Å². The quantitative estimate of drug-likeness (QED) is 0.598. The van der Waals surface area contributed by atoms with E-state index in [1.807, 2.05) is 0 Å². The second-order valence-corrected chi connectivity index (χ2v) is 4.86. The van der Waals surface area contributed by atoms with Gasteiger partial charge in [0.15, 0.2) is 0 Å². The number of aliphatic hydroxyl groups is 3. The normalized spacial score (nSPS) is 25.3. The number of halogens is 3. The summed E-state index contributed by atoms with van der Waals surface area (Å²) in [4.78, 5) is 3.63. The van der Waals surface area contributed by atoms with Crippen molar-refractivity contribution in [3.8, 4) is 0 Å². The third-order valence-corrected chi connectivity index (χ3v) is 3.00. The number of anilines is 1. The van der Waals surface area contributed by atoms with Gasteiger partial charge in [0.2, 0.25) is 0 Å². The van der Waals surface area contributed by atoms with Crippen molar-refractivity contribution in [2.45, 2.75) is 37.8 Å². The fourth-order valence-electron chi connectivity index (χ4n) is 1.88. The van der Waals surface area contributed by atoms with Gasteiger partial charge >= 0.3 is 6.18 Å². The Kier molecular flexibility index (Phi) is 6.54. The van der Waals surface area contributed by atoms with Crippen molar-refractivity contribution in [2.24, 2.45) is 0 Å². The zero-order chi connectivity index (χ0) is 16.9. The van der Waals surface area contributed by atoms with Crippen LogP contribution in [-0.2, 0) is 10.9 Å². The fourth-order valence-corrected chi connectivity index (χ4v) is 1.88. The molecule has 1 aliphatic rings. The van der Waals surface area contributed by atoms with E-state index < -0.39 is 30.1 Å². The number of hydrogen-bond donors (Lipinski definition) is 4. The van der Waals surface area contributed by atoms with Crippen LogP contribution in [0.4, 0.5) is 19.0 Å². The number of aliphatic hydroxyl groups excluding tert-OH is 3. The minimum atomic E-state index is -4.35. The predicted octanol–water partition coefficient (Wildman–Crippen LogP) is 0.480. The molecule has 0 amide bonds. The van der Waals surface area contributed by atoms with E-state index in [1.54, 1.807) is 0 Å². The summed E-state index contributed by atoms with van der Waals surface area (Å²) in [5.74, 6) is -0.109. The molecule has 6 nitrogen and oxygen atoms in total. The molecule has 0 aliphatic carbocycles. The number of nitrogens with zero attached hydrogens (tertiary/aromatic N) is 1. The smallest absolute Gasteiger partial charge is 0.394 e. The van der Waals surface area contributed by atoms with Crippen LogP contribution in [0.2, 0.25) is 0 Å². The summed E-state index contributed by atoms with van der Waals surface area (Å²) in [6.45, 7) is 1.63. The van der Waals surface area contributed by atoms with Crippen LogP contribution in [0.5, 0.6) is 0 Å². The van der Waals surface area contributed by atoms with E-state index in [0.29, 0.717) is 13.0 Å². The number of rotatable bonds is 1. The van der Waals surface area contributed by atoms with Crippen molar-refractivity contribution in [2.75, 3.05) is 18.9 Å². The molecule has 126 valence electrons. The Labute approximate surface area is 125 Å². The summed E-state index contributed by atoms with van der Waals surface area (Å²) in [6.07, 6.45) is -6.19. The third kappa shape index (κ3) is 5.41. The van der Waals surface area contributed by atoms with Gasteiger partial charge in [-0.2, -0.15) is 13.2 Å². The van der Waals surface area contributed by atoms with E-state index in [0.717, 1.165) is 12.1 Å². The zero-order valence-corrected chi connectivity index (χ0v) is 11.9. The van der Waals surface area contributed by atoms with Gasteiger partial charge in [-0.1, -0.05) is 0 Å². The summed E-state index contributed by atoms with van der Waals surface area (Å²) in [5.41, 5.74) is 4.65. The highest BCUT2D eigenvalue weighted by molar-refractivity contribution is 5.35. The number of aromatic nitrogens is 1. The lowest BCUT2D eigenvalue weighted by Gasteiger charge is -2.30. The molecule has 1 aliphatic heterocycles. The van der Waals surface area contributed by atoms with Crippen molar-refractivity contribution in [1.82, 2.24) is 4.98 Å².